The van der Waals surface area contributed by atoms with Crippen molar-refractivity contribution in [3.63, 3.8) is 0 Å². The second kappa shape index (κ2) is 11.2. The molecule has 1 aromatic rings. The highest BCUT2D eigenvalue weighted by atomic mass is 16.7. The van der Waals surface area contributed by atoms with E-state index in [9.17, 15) is 24.0 Å². The Hall–Kier alpha value is -3.47. The van der Waals surface area contributed by atoms with Crippen molar-refractivity contribution in [1.82, 2.24) is 5.32 Å². The maximum atomic E-state index is 12.8. The number of carbonyl (C=O) groups excluding carboxylic acids is 5. The SMILES string of the molecule is CC(=O)OCC1OC(OC(C)=O)[C@H](NC(=O)c2ccccc2)[C@H](OC(C)=O)[C@@H]1OC(C)=O. The monoisotopic (exact) mass is 451 g/mol. The van der Waals surface area contributed by atoms with Crippen molar-refractivity contribution in [1.29, 1.82) is 0 Å². The average molecular weight is 451 g/mol. The third-order valence-electron chi connectivity index (χ3n) is 4.32. The number of nitrogens with one attached hydrogen (secondary N) is 1. The molecule has 1 aromatic carbocycles. The minimum atomic E-state index is -1.43. The van der Waals surface area contributed by atoms with Gasteiger partial charge in [0.25, 0.3) is 5.91 Å². The molecule has 2 rings (SSSR count). The predicted octanol–water partition coefficient (Wildman–Crippen LogP) is 0.500. The molecule has 5 atom stereocenters. The lowest BCUT2D eigenvalue weighted by atomic mass is 9.95. The first kappa shape index (κ1) is 24.8. The third-order valence-corrected chi connectivity index (χ3v) is 4.32. The molecule has 1 heterocycles. The van der Waals surface area contributed by atoms with E-state index in [1.807, 2.05) is 0 Å². The van der Waals surface area contributed by atoms with Gasteiger partial charge in [0.1, 0.15) is 18.8 Å². The molecule has 0 aliphatic carbocycles. The van der Waals surface area contributed by atoms with Crippen LogP contribution in [0.25, 0.3) is 0 Å². The van der Waals surface area contributed by atoms with Crippen LogP contribution in [0, 0.1) is 0 Å². The Kier molecular flexibility index (Phi) is 8.71. The van der Waals surface area contributed by atoms with Gasteiger partial charge in [-0.3, -0.25) is 24.0 Å². The maximum Gasteiger partial charge on any atom is 0.305 e. The average Bonchev–Trinajstić information content (AvgIpc) is 2.70. The molecule has 1 saturated heterocycles. The molecule has 2 unspecified atom stereocenters. The Morgan fingerprint density at radius 1 is 0.812 bits per heavy atom. The van der Waals surface area contributed by atoms with E-state index in [4.69, 9.17) is 23.7 Å². The van der Waals surface area contributed by atoms with Crippen LogP contribution in [-0.4, -0.2) is 67.0 Å². The summed E-state index contributed by atoms with van der Waals surface area (Å²) in [6, 6.07) is 6.88. The molecule has 0 bridgehead atoms. The van der Waals surface area contributed by atoms with Gasteiger partial charge in [-0.05, 0) is 12.1 Å². The van der Waals surface area contributed by atoms with Gasteiger partial charge in [-0.1, -0.05) is 18.2 Å². The van der Waals surface area contributed by atoms with Gasteiger partial charge in [0.05, 0.1) is 0 Å². The van der Waals surface area contributed by atoms with Crippen molar-refractivity contribution in [2.45, 2.75) is 58.3 Å². The zero-order valence-electron chi connectivity index (χ0n) is 18.1. The van der Waals surface area contributed by atoms with Crippen molar-refractivity contribution in [3.05, 3.63) is 35.9 Å². The summed E-state index contributed by atoms with van der Waals surface area (Å²) in [4.78, 5) is 59.3. The number of hydrogen-bond donors (Lipinski definition) is 1. The molecule has 11 nitrogen and oxygen atoms in total. The fourth-order valence-corrected chi connectivity index (χ4v) is 3.14. The van der Waals surface area contributed by atoms with E-state index in [-0.39, 0.29) is 12.2 Å². The number of amides is 1. The van der Waals surface area contributed by atoms with Gasteiger partial charge in [0, 0.05) is 33.3 Å². The summed E-state index contributed by atoms with van der Waals surface area (Å²) < 4.78 is 26.5. The topological polar surface area (TPSA) is 144 Å². The van der Waals surface area contributed by atoms with Gasteiger partial charge in [-0.25, -0.2) is 0 Å². The number of ether oxygens (including phenoxy) is 5. The van der Waals surface area contributed by atoms with Crippen molar-refractivity contribution < 1.29 is 47.7 Å². The zero-order valence-corrected chi connectivity index (χ0v) is 18.1. The van der Waals surface area contributed by atoms with Gasteiger partial charge in [-0.2, -0.15) is 0 Å². The Bertz CT molecular complexity index is 855. The molecule has 0 saturated carbocycles. The molecule has 174 valence electrons. The Morgan fingerprint density at radius 2 is 1.38 bits per heavy atom. The number of esters is 4. The molecule has 1 aliphatic heterocycles. The number of hydrogen-bond acceptors (Lipinski definition) is 10. The van der Waals surface area contributed by atoms with E-state index in [1.54, 1.807) is 30.3 Å². The quantitative estimate of drug-likeness (QED) is 0.460. The van der Waals surface area contributed by atoms with E-state index in [2.05, 4.69) is 5.32 Å². The summed E-state index contributed by atoms with van der Waals surface area (Å²) in [5, 5.41) is 2.62. The number of benzene rings is 1. The van der Waals surface area contributed by atoms with Crippen molar-refractivity contribution in [3.8, 4) is 0 Å². The summed E-state index contributed by atoms with van der Waals surface area (Å²) >= 11 is 0. The van der Waals surface area contributed by atoms with Crippen molar-refractivity contribution in [2.75, 3.05) is 6.61 Å². The first-order valence-electron chi connectivity index (χ1n) is 9.75. The molecule has 0 aromatic heterocycles. The Balaban J connectivity index is 2.44. The molecule has 1 fully saturated rings. The molecule has 0 radical (unpaired) electrons. The number of rotatable bonds is 7. The van der Waals surface area contributed by atoms with Crippen LogP contribution >= 0.6 is 0 Å². The molecule has 0 spiro atoms. The van der Waals surface area contributed by atoms with Crippen LogP contribution in [0.5, 0.6) is 0 Å². The highest BCUT2D eigenvalue weighted by Gasteiger charge is 2.52. The van der Waals surface area contributed by atoms with Gasteiger partial charge >= 0.3 is 23.9 Å². The number of carbonyl (C=O) groups is 5. The van der Waals surface area contributed by atoms with Crippen LogP contribution in [0.2, 0.25) is 0 Å². The lowest BCUT2D eigenvalue weighted by Gasteiger charge is -2.44. The minimum absolute atomic E-state index is 0.279. The zero-order chi connectivity index (χ0) is 23.8. The normalized spacial score (nSPS) is 24.6. The molecule has 1 aliphatic rings. The molecule has 1 N–H and O–H groups in total. The summed E-state index contributed by atoms with van der Waals surface area (Å²) in [5.74, 6) is -3.44. The Labute approximate surface area is 184 Å². The van der Waals surface area contributed by atoms with Crippen LogP contribution < -0.4 is 5.32 Å². The maximum absolute atomic E-state index is 12.8. The van der Waals surface area contributed by atoms with E-state index in [1.165, 1.54) is 6.92 Å². The van der Waals surface area contributed by atoms with E-state index in [0.717, 1.165) is 20.8 Å². The second-order valence-electron chi connectivity index (χ2n) is 6.97. The predicted molar refractivity (Wildman–Crippen MR) is 106 cm³/mol. The van der Waals surface area contributed by atoms with Gasteiger partial charge in [0.15, 0.2) is 12.2 Å². The lowest BCUT2D eigenvalue weighted by molar-refractivity contribution is -0.270. The van der Waals surface area contributed by atoms with Gasteiger partial charge in [0.2, 0.25) is 6.29 Å². The van der Waals surface area contributed by atoms with Gasteiger partial charge in [-0.15, -0.1) is 0 Å². The lowest BCUT2D eigenvalue weighted by Crippen LogP contribution is -2.67. The first-order chi connectivity index (χ1) is 15.1. The molecule has 32 heavy (non-hydrogen) atoms. The summed E-state index contributed by atoms with van der Waals surface area (Å²) in [6.07, 6.45) is -5.18. The molecular formula is C21H25NO10. The van der Waals surface area contributed by atoms with E-state index >= 15 is 0 Å². The van der Waals surface area contributed by atoms with E-state index < -0.39 is 60.4 Å². The fourth-order valence-electron chi connectivity index (χ4n) is 3.14. The Morgan fingerprint density at radius 3 is 1.91 bits per heavy atom. The highest BCUT2D eigenvalue weighted by Crippen LogP contribution is 2.28. The van der Waals surface area contributed by atoms with Crippen LogP contribution in [0.3, 0.4) is 0 Å². The van der Waals surface area contributed by atoms with Crippen LogP contribution in [0.4, 0.5) is 0 Å². The standard InChI is InChI=1S/C21H25NO10/c1-11(23)28-10-16-18(29-12(2)24)19(30-13(3)25)17(21(32-16)31-14(4)26)22-20(27)15-8-6-5-7-9-15/h5-9,16-19,21H,10H2,1-4H3,(H,22,27)/t16?,17-,18-,19+,21?/m1/s1. The van der Waals surface area contributed by atoms with Crippen molar-refractivity contribution in [2.24, 2.45) is 0 Å². The second-order valence-corrected chi connectivity index (χ2v) is 6.97. The molecule has 11 heteroatoms. The highest BCUT2D eigenvalue weighted by molar-refractivity contribution is 5.94. The van der Waals surface area contributed by atoms with Gasteiger partial charge < -0.3 is 29.0 Å². The van der Waals surface area contributed by atoms with E-state index in [0.29, 0.717) is 0 Å². The summed E-state index contributed by atoms with van der Waals surface area (Å²) in [6.45, 7) is 4.16. The summed E-state index contributed by atoms with van der Waals surface area (Å²) in [5.41, 5.74) is 0.279. The van der Waals surface area contributed by atoms with Crippen molar-refractivity contribution >= 4 is 29.8 Å². The molecular weight excluding hydrogens is 426 g/mol. The third kappa shape index (κ3) is 7.05. The first-order valence-corrected chi connectivity index (χ1v) is 9.75. The minimum Gasteiger partial charge on any atom is -0.463 e. The van der Waals surface area contributed by atoms with Crippen LogP contribution in [0.15, 0.2) is 30.3 Å². The van der Waals surface area contributed by atoms with Crippen LogP contribution in [-0.2, 0) is 42.9 Å². The molecule has 1 amide bonds. The van der Waals surface area contributed by atoms with Crippen LogP contribution in [0.1, 0.15) is 38.1 Å². The largest absolute Gasteiger partial charge is 0.463 e. The smallest absolute Gasteiger partial charge is 0.305 e. The summed E-state index contributed by atoms with van der Waals surface area (Å²) in [7, 11) is 0. The fraction of sp³-hybridized carbons (Fsp3) is 0.476.